The predicted molar refractivity (Wildman–Crippen MR) is 91.0 cm³/mol. The van der Waals surface area contributed by atoms with Gasteiger partial charge in [0.05, 0.1) is 0 Å². The van der Waals surface area contributed by atoms with Crippen LogP contribution in [0.15, 0.2) is 60.8 Å². The molecule has 2 aromatic carbocycles. The van der Waals surface area contributed by atoms with Crippen molar-refractivity contribution in [1.82, 2.24) is 9.97 Å². The summed E-state index contributed by atoms with van der Waals surface area (Å²) in [7, 11) is 0. The zero-order valence-corrected chi connectivity index (χ0v) is 12.7. The van der Waals surface area contributed by atoms with Crippen LogP contribution in [-0.4, -0.2) is 9.97 Å². The molecule has 22 heavy (non-hydrogen) atoms. The lowest BCUT2D eigenvalue weighted by Gasteiger charge is -2.09. The van der Waals surface area contributed by atoms with Crippen molar-refractivity contribution in [2.24, 2.45) is 0 Å². The normalized spacial score (nSPS) is 10.3. The maximum atomic E-state index is 4.48. The Morgan fingerprint density at radius 3 is 2.36 bits per heavy atom. The van der Waals surface area contributed by atoms with Crippen molar-refractivity contribution in [1.29, 1.82) is 0 Å². The number of benzene rings is 2. The zero-order chi connectivity index (χ0) is 15.4. The van der Waals surface area contributed by atoms with Crippen molar-refractivity contribution in [2.75, 3.05) is 10.6 Å². The fraction of sp³-hybridized carbons (Fsp3) is 0.111. The number of anilines is 4. The molecule has 0 unspecified atom stereocenters. The third-order valence-corrected chi connectivity index (χ3v) is 3.25. The van der Waals surface area contributed by atoms with Crippen LogP contribution < -0.4 is 10.6 Å². The fourth-order valence-electron chi connectivity index (χ4n) is 2.13. The monoisotopic (exact) mass is 290 g/mol. The summed E-state index contributed by atoms with van der Waals surface area (Å²) in [5.41, 5.74) is 4.41. The van der Waals surface area contributed by atoms with Gasteiger partial charge in [0, 0.05) is 17.6 Å². The van der Waals surface area contributed by atoms with E-state index in [0.717, 1.165) is 17.2 Å². The Labute approximate surface area is 130 Å². The molecule has 0 amide bonds. The van der Waals surface area contributed by atoms with Crippen LogP contribution in [0.2, 0.25) is 0 Å². The molecule has 0 fully saturated rings. The van der Waals surface area contributed by atoms with E-state index in [0.29, 0.717) is 5.95 Å². The van der Waals surface area contributed by atoms with Crippen molar-refractivity contribution >= 4 is 23.1 Å². The van der Waals surface area contributed by atoms with Gasteiger partial charge in [-0.2, -0.15) is 4.98 Å². The molecule has 2 N–H and O–H groups in total. The fourth-order valence-corrected chi connectivity index (χ4v) is 2.13. The van der Waals surface area contributed by atoms with Gasteiger partial charge in [0.25, 0.3) is 0 Å². The summed E-state index contributed by atoms with van der Waals surface area (Å²) in [5, 5.41) is 6.50. The van der Waals surface area contributed by atoms with Crippen LogP contribution in [0.5, 0.6) is 0 Å². The topological polar surface area (TPSA) is 49.8 Å². The van der Waals surface area contributed by atoms with E-state index in [1.54, 1.807) is 6.20 Å². The van der Waals surface area contributed by atoms with Gasteiger partial charge in [-0.15, -0.1) is 0 Å². The lowest BCUT2D eigenvalue weighted by atomic mass is 10.2. The van der Waals surface area contributed by atoms with Gasteiger partial charge < -0.3 is 10.6 Å². The third-order valence-electron chi connectivity index (χ3n) is 3.25. The number of nitrogens with one attached hydrogen (secondary N) is 2. The molecule has 3 rings (SSSR count). The molecule has 0 aliphatic carbocycles. The second kappa shape index (κ2) is 6.26. The highest BCUT2D eigenvalue weighted by Gasteiger charge is 2.01. The quantitative estimate of drug-likeness (QED) is 0.738. The van der Waals surface area contributed by atoms with Gasteiger partial charge in [-0.1, -0.05) is 29.8 Å². The summed E-state index contributed by atoms with van der Waals surface area (Å²) in [6.07, 6.45) is 1.74. The van der Waals surface area contributed by atoms with Gasteiger partial charge in [0.15, 0.2) is 0 Å². The smallest absolute Gasteiger partial charge is 0.229 e. The molecule has 0 radical (unpaired) electrons. The molecule has 0 aliphatic heterocycles. The second-order valence-corrected chi connectivity index (χ2v) is 5.25. The largest absolute Gasteiger partial charge is 0.340 e. The van der Waals surface area contributed by atoms with Crippen molar-refractivity contribution in [2.45, 2.75) is 13.8 Å². The van der Waals surface area contributed by atoms with E-state index in [9.17, 15) is 0 Å². The number of hydrogen-bond donors (Lipinski definition) is 2. The maximum Gasteiger partial charge on any atom is 0.229 e. The summed E-state index contributed by atoms with van der Waals surface area (Å²) in [4.78, 5) is 8.74. The van der Waals surface area contributed by atoms with E-state index < -0.39 is 0 Å². The summed E-state index contributed by atoms with van der Waals surface area (Å²) < 4.78 is 0. The Bertz CT molecular complexity index is 766. The van der Waals surface area contributed by atoms with Crippen LogP contribution in [0, 0.1) is 13.8 Å². The number of rotatable bonds is 4. The molecule has 3 aromatic rings. The Kier molecular flexibility index (Phi) is 4.01. The van der Waals surface area contributed by atoms with Crippen LogP contribution in [0.4, 0.5) is 23.1 Å². The molecule has 0 saturated carbocycles. The lowest BCUT2D eigenvalue weighted by molar-refractivity contribution is 1.16. The van der Waals surface area contributed by atoms with Crippen molar-refractivity contribution in [3.05, 3.63) is 71.9 Å². The highest BCUT2D eigenvalue weighted by atomic mass is 15.1. The molecular weight excluding hydrogens is 272 g/mol. The van der Waals surface area contributed by atoms with Crippen molar-refractivity contribution in [3.63, 3.8) is 0 Å². The number of nitrogens with zero attached hydrogens (tertiary/aromatic N) is 2. The van der Waals surface area contributed by atoms with Gasteiger partial charge in [0.2, 0.25) is 5.95 Å². The Balaban J connectivity index is 1.76. The molecule has 1 aromatic heterocycles. The van der Waals surface area contributed by atoms with Crippen LogP contribution in [0.25, 0.3) is 0 Å². The molecule has 4 nitrogen and oxygen atoms in total. The summed E-state index contributed by atoms with van der Waals surface area (Å²) in [5.74, 6) is 1.33. The van der Waals surface area contributed by atoms with Gasteiger partial charge in [-0.25, -0.2) is 4.98 Å². The SMILES string of the molecule is Cc1ccc(Nc2ccnc(Nc3cccc(C)c3)n2)cc1. The van der Waals surface area contributed by atoms with Gasteiger partial charge in [-0.05, 0) is 49.7 Å². The zero-order valence-electron chi connectivity index (χ0n) is 12.7. The van der Waals surface area contributed by atoms with Crippen LogP contribution in [-0.2, 0) is 0 Å². The molecule has 0 spiro atoms. The van der Waals surface area contributed by atoms with Gasteiger partial charge >= 0.3 is 0 Å². The van der Waals surface area contributed by atoms with Crippen LogP contribution in [0.3, 0.4) is 0 Å². The minimum atomic E-state index is 0.572. The van der Waals surface area contributed by atoms with Crippen molar-refractivity contribution < 1.29 is 0 Å². The molecule has 110 valence electrons. The molecule has 4 heteroatoms. The first-order chi connectivity index (χ1) is 10.7. The Morgan fingerprint density at radius 2 is 1.59 bits per heavy atom. The molecule has 0 bridgehead atoms. The van der Waals surface area contributed by atoms with E-state index in [2.05, 4.69) is 58.7 Å². The maximum absolute atomic E-state index is 4.48. The summed E-state index contributed by atoms with van der Waals surface area (Å²) in [6, 6.07) is 18.2. The Hall–Kier alpha value is -2.88. The average Bonchev–Trinajstić information content (AvgIpc) is 2.50. The Morgan fingerprint density at radius 1 is 0.773 bits per heavy atom. The van der Waals surface area contributed by atoms with E-state index >= 15 is 0 Å². The van der Waals surface area contributed by atoms with E-state index in [-0.39, 0.29) is 0 Å². The summed E-state index contributed by atoms with van der Waals surface area (Å²) in [6.45, 7) is 4.12. The number of hydrogen-bond acceptors (Lipinski definition) is 4. The van der Waals surface area contributed by atoms with E-state index in [1.807, 2.05) is 30.3 Å². The van der Waals surface area contributed by atoms with Gasteiger partial charge in [-0.3, -0.25) is 0 Å². The van der Waals surface area contributed by atoms with E-state index in [4.69, 9.17) is 0 Å². The first-order valence-electron chi connectivity index (χ1n) is 7.19. The highest BCUT2D eigenvalue weighted by Crippen LogP contribution is 2.18. The molecular formula is C18H18N4. The van der Waals surface area contributed by atoms with Crippen LogP contribution >= 0.6 is 0 Å². The molecule has 0 atom stereocenters. The van der Waals surface area contributed by atoms with Crippen LogP contribution in [0.1, 0.15) is 11.1 Å². The number of aromatic nitrogens is 2. The van der Waals surface area contributed by atoms with Gasteiger partial charge in [0.1, 0.15) is 5.82 Å². The predicted octanol–water partition coefficient (Wildman–Crippen LogP) is 4.58. The van der Waals surface area contributed by atoms with Crippen molar-refractivity contribution in [3.8, 4) is 0 Å². The molecule has 1 heterocycles. The molecule has 0 aliphatic rings. The van der Waals surface area contributed by atoms with E-state index in [1.165, 1.54) is 11.1 Å². The number of aryl methyl sites for hydroxylation is 2. The second-order valence-electron chi connectivity index (χ2n) is 5.25. The first kappa shape index (κ1) is 14.1. The standard InChI is InChI=1S/C18H18N4/c1-13-6-8-15(9-7-13)20-17-10-11-19-18(22-17)21-16-5-3-4-14(2)12-16/h3-12H,1-2H3,(H2,19,20,21,22). The highest BCUT2D eigenvalue weighted by molar-refractivity contribution is 5.59. The minimum absolute atomic E-state index is 0.572. The molecule has 0 saturated heterocycles. The minimum Gasteiger partial charge on any atom is -0.340 e. The lowest BCUT2D eigenvalue weighted by Crippen LogP contribution is -2.00. The first-order valence-corrected chi connectivity index (χ1v) is 7.19. The average molecular weight is 290 g/mol. The third kappa shape index (κ3) is 3.61. The summed E-state index contributed by atoms with van der Waals surface area (Å²) >= 11 is 0.